The number of nitrogens with one attached hydrogen (secondary N) is 3. The number of aromatic nitrogens is 2. The zero-order valence-corrected chi connectivity index (χ0v) is 16.0. The Morgan fingerprint density at radius 3 is 2.72 bits per heavy atom. The molecule has 1 amide bonds. The number of fused-ring (bicyclic) bond motifs is 5. The molecule has 0 saturated carbocycles. The first kappa shape index (κ1) is 17.7. The molecule has 0 radical (unpaired) electrons. The molecular weight excluding hydrogens is 396 g/mol. The molecule has 4 aromatic rings. The van der Waals surface area contributed by atoms with Gasteiger partial charge in [-0.1, -0.05) is 0 Å². The highest BCUT2D eigenvalue weighted by Gasteiger charge is 2.24. The van der Waals surface area contributed by atoms with Crippen LogP contribution in [0.4, 0.5) is 26.0 Å². The maximum Gasteiger partial charge on any atom is 0.263 e. The number of thiophene rings is 1. The van der Waals surface area contributed by atoms with Gasteiger partial charge in [-0.05, 0) is 31.2 Å². The highest BCUT2D eigenvalue weighted by atomic mass is 32.1. The van der Waals surface area contributed by atoms with Crippen LogP contribution in [0.3, 0.4) is 0 Å². The van der Waals surface area contributed by atoms with Gasteiger partial charge in [-0.15, -0.1) is 11.3 Å². The first-order valence-electron chi connectivity index (χ1n) is 8.99. The highest BCUT2D eigenvalue weighted by molar-refractivity contribution is 7.21. The highest BCUT2D eigenvalue weighted by Crippen LogP contribution is 2.41. The van der Waals surface area contributed by atoms with E-state index in [2.05, 4.69) is 25.9 Å². The van der Waals surface area contributed by atoms with Crippen molar-refractivity contribution in [3.05, 3.63) is 53.2 Å². The number of amides is 1. The van der Waals surface area contributed by atoms with Crippen LogP contribution in [0, 0.1) is 11.9 Å². The molecule has 146 valence electrons. The monoisotopic (exact) mass is 411 g/mol. The SMILES string of the molecule is C[C@@H]1CNc2c(sc3ccc4nc(Nc5cc(F)nc(F)c5)ccc4c23)C(=O)N1. The van der Waals surface area contributed by atoms with Crippen molar-refractivity contribution in [2.45, 2.75) is 13.0 Å². The molecule has 3 aromatic heterocycles. The molecule has 1 atom stereocenters. The fourth-order valence-corrected chi connectivity index (χ4v) is 4.58. The van der Waals surface area contributed by atoms with Gasteiger partial charge in [0, 0.05) is 45.9 Å². The lowest BCUT2D eigenvalue weighted by atomic mass is 10.1. The van der Waals surface area contributed by atoms with Crippen molar-refractivity contribution in [2.75, 3.05) is 17.2 Å². The van der Waals surface area contributed by atoms with Crippen molar-refractivity contribution in [3.8, 4) is 0 Å². The fourth-order valence-electron chi connectivity index (χ4n) is 3.48. The van der Waals surface area contributed by atoms with Crippen LogP contribution in [-0.4, -0.2) is 28.5 Å². The van der Waals surface area contributed by atoms with E-state index in [0.29, 0.717) is 22.8 Å². The van der Waals surface area contributed by atoms with Crippen LogP contribution < -0.4 is 16.0 Å². The summed E-state index contributed by atoms with van der Waals surface area (Å²) in [7, 11) is 0. The summed E-state index contributed by atoms with van der Waals surface area (Å²) in [6.07, 6.45) is 0. The van der Waals surface area contributed by atoms with Crippen LogP contribution in [0.15, 0.2) is 36.4 Å². The van der Waals surface area contributed by atoms with Crippen LogP contribution in [0.2, 0.25) is 0 Å². The number of hydrogen-bond donors (Lipinski definition) is 3. The minimum atomic E-state index is -0.908. The first-order chi connectivity index (χ1) is 14.0. The number of anilines is 3. The zero-order chi connectivity index (χ0) is 20.1. The number of rotatable bonds is 2. The Morgan fingerprint density at radius 1 is 1.14 bits per heavy atom. The predicted octanol–water partition coefficient (Wildman–Crippen LogP) is 4.41. The summed E-state index contributed by atoms with van der Waals surface area (Å²) in [5.41, 5.74) is 1.75. The largest absolute Gasteiger partial charge is 0.381 e. The smallest absolute Gasteiger partial charge is 0.263 e. The Balaban J connectivity index is 1.61. The van der Waals surface area contributed by atoms with E-state index in [0.717, 1.165) is 33.3 Å². The van der Waals surface area contributed by atoms with Gasteiger partial charge in [-0.25, -0.2) is 4.98 Å². The Bertz CT molecular complexity index is 1270. The molecule has 1 aliphatic heterocycles. The van der Waals surface area contributed by atoms with E-state index in [-0.39, 0.29) is 17.6 Å². The van der Waals surface area contributed by atoms with Gasteiger partial charge in [0.15, 0.2) is 0 Å². The predicted molar refractivity (Wildman–Crippen MR) is 110 cm³/mol. The number of halogens is 2. The van der Waals surface area contributed by atoms with Gasteiger partial charge >= 0.3 is 0 Å². The van der Waals surface area contributed by atoms with Crippen LogP contribution >= 0.6 is 11.3 Å². The van der Waals surface area contributed by atoms with Gasteiger partial charge in [0.1, 0.15) is 10.7 Å². The lowest BCUT2D eigenvalue weighted by Crippen LogP contribution is -2.34. The molecule has 1 aromatic carbocycles. The summed E-state index contributed by atoms with van der Waals surface area (Å²) in [5.74, 6) is -1.45. The van der Waals surface area contributed by atoms with Crippen molar-refractivity contribution in [1.29, 1.82) is 0 Å². The zero-order valence-electron chi connectivity index (χ0n) is 15.2. The Kier molecular flexibility index (Phi) is 4.06. The van der Waals surface area contributed by atoms with Crippen molar-refractivity contribution in [3.63, 3.8) is 0 Å². The van der Waals surface area contributed by atoms with Gasteiger partial charge in [0.25, 0.3) is 5.91 Å². The molecule has 0 aliphatic carbocycles. The number of hydrogen-bond acceptors (Lipinski definition) is 6. The number of carbonyl (C=O) groups excluding carboxylic acids is 1. The average Bonchev–Trinajstić information content (AvgIpc) is 2.98. The van der Waals surface area contributed by atoms with Crippen LogP contribution in [-0.2, 0) is 0 Å². The minimum Gasteiger partial charge on any atom is -0.381 e. The van der Waals surface area contributed by atoms with Crippen LogP contribution in [0.25, 0.3) is 21.0 Å². The average molecular weight is 411 g/mol. The third-order valence-corrected chi connectivity index (χ3v) is 5.88. The molecule has 5 rings (SSSR count). The van der Waals surface area contributed by atoms with Gasteiger partial charge in [-0.2, -0.15) is 13.8 Å². The lowest BCUT2D eigenvalue weighted by molar-refractivity contribution is 0.0949. The van der Waals surface area contributed by atoms with Gasteiger partial charge in [0.05, 0.1) is 11.2 Å². The third kappa shape index (κ3) is 3.13. The molecule has 6 nitrogen and oxygen atoms in total. The van der Waals surface area contributed by atoms with E-state index < -0.39 is 11.9 Å². The van der Waals surface area contributed by atoms with E-state index in [9.17, 15) is 13.6 Å². The summed E-state index contributed by atoms with van der Waals surface area (Å²) in [6.45, 7) is 2.58. The van der Waals surface area contributed by atoms with E-state index >= 15 is 0 Å². The normalized spacial score (nSPS) is 16.2. The van der Waals surface area contributed by atoms with Crippen molar-refractivity contribution in [1.82, 2.24) is 15.3 Å². The first-order valence-corrected chi connectivity index (χ1v) is 9.81. The maximum atomic E-state index is 13.3. The molecule has 9 heteroatoms. The molecule has 3 N–H and O–H groups in total. The van der Waals surface area contributed by atoms with E-state index in [1.165, 1.54) is 11.3 Å². The molecular formula is C20H15F2N5OS. The summed E-state index contributed by atoms with van der Waals surface area (Å²) in [5, 5.41) is 11.1. The number of pyridine rings is 2. The summed E-state index contributed by atoms with van der Waals surface area (Å²) in [6, 6.07) is 9.65. The van der Waals surface area contributed by atoms with Crippen molar-refractivity contribution >= 4 is 55.4 Å². The second-order valence-electron chi connectivity index (χ2n) is 6.89. The van der Waals surface area contributed by atoms with Gasteiger partial charge in [-0.3, -0.25) is 4.79 Å². The molecule has 0 unspecified atom stereocenters. The minimum absolute atomic E-state index is 0.0298. The van der Waals surface area contributed by atoms with Crippen molar-refractivity contribution < 1.29 is 13.6 Å². The second kappa shape index (κ2) is 6.63. The molecule has 1 aliphatic rings. The molecule has 0 bridgehead atoms. The molecule has 4 heterocycles. The topological polar surface area (TPSA) is 78.9 Å². The van der Waals surface area contributed by atoms with Gasteiger partial charge in [0.2, 0.25) is 11.9 Å². The third-order valence-electron chi connectivity index (χ3n) is 4.73. The molecule has 0 fully saturated rings. The van der Waals surface area contributed by atoms with E-state index in [1.54, 1.807) is 6.07 Å². The Labute approximate surface area is 168 Å². The van der Waals surface area contributed by atoms with Crippen LogP contribution in [0.5, 0.6) is 0 Å². The second-order valence-corrected chi connectivity index (χ2v) is 7.94. The van der Waals surface area contributed by atoms with Gasteiger partial charge < -0.3 is 16.0 Å². The lowest BCUT2D eigenvalue weighted by Gasteiger charge is -2.10. The van der Waals surface area contributed by atoms with Crippen LogP contribution in [0.1, 0.15) is 16.6 Å². The standard InChI is InChI=1S/C20H15F2N5OS/c1-9-8-23-18-17-11-2-5-16(25-10-6-14(21)27-15(22)7-10)26-12(11)3-4-13(17)29-19(18)20(28)24-9/h2-7,9,23H,8H2,1H3,(H,24,28)(H,25,26,27)/t9-/m1/s1. The molecule has 0 saturated heterocycles. The Hall–Kier alpha value is -3.33. The van der Waals surface area contributed by atoms with E-state index in [1.807, 2.05) is 25.1 Å². The Morgan fingerprint density at radius 2 is 1.93 bits per heavy atom. The van der Waals surface area contributed by atoms with Crippen molar-refractivity contribution in [2.24, 2.45) is 0 Å². The number of carbonyl (C=O) groups is 1. The number of benzene rings is 1. The number of nitrogens with zero attached hydrogens (tertiary/aromatic N) is 2. The summed E-state index contributed by atoms with van der Waals surface area (Å²) < 4.78 is 27.6. The molecule has 29 heavy (non-hydrogen) atoms. The fraction of sp³-hybridized carbons (Fsp3) is 0.150. The molecule has 0 spiro atoms. The summed E-state index contributed by atoms with van der Waals surface area (Å²) >= 11 is 1.44. The van der Waals surface area contributed by atoms with E-state index in [4.69, 9.17) is 0 Å². The quantitative estimate of drug-likeness (QED) is 0.426. The summed E-state index contributed by atoms with van der Waals surface area (Å²) in [4.78, 5) is 20.8. The maximum absolute atomic E-state index is 13.3.